The van der Waals surface area contributed by atoms with Crippen molar-refractivity contribution in [3.05, 3.63) is 80.8 Å². The molecule has 164 valence electrons. The summed E-state index contributed by atoms with van der Waals surface area (Å²) in [4.78, 5) is 21.8. The minimum atomic E-state index is -4.47. The Morgan fingerprint density at radius 2 is 1.94 bits per heavy atom. The highest BCUT2D eigenvalue weighted by Crippen LogP contribution is 2.31. The first-order valence-corrected chi connectivity index (χ1v) is 10.3. The van der Waals surface area contributed by atoms with E-state index in [9.17, 15) is 22.4 Å². The summed E-state index contributed by atoms with van der Waals surface area (Å²) in [7, 11) is 0. The lowest BCUT2D eigenvalue weighted by atomic mass is 10.1. The lowest BCUT2D eigenvalue weighted by Crippen LogP contribution is -2.14. The summed E-state index contributed by atoms with van der Waals surface area (Å²) in [6.45, 7) is 1.67. The van der Waals surface area contributed by atoms with E-state index in [0.717, 1.165) is 29.7 Å². The van der Waals surface area contributed by atoms with Crippen LogP contribution in [0.5, 0.6) is 0 Å². The molecule has 4 aromatic rings. The number of nitrogens with zero attached hydrogens (tertiary/aromatic N) is 3. The summed E-state index contributed by atoms with van der Waals surface area (Å²) >= 11 is 6.77. The van der Waals surface area contributed by atoms with Crippen LogP contribution in [0.2, 0.25) is 5.02 Å². The van der Waals surface area contributed by atoms with Gasteiger partial charge in [-0.1, -0.05) is 11.6 Å². The first-order chi connectivity index (χ1) is 15.1. The van der Waals surface area contributed by atoms with Crippen molar-refractivity contribution in [3.8, 4) is 0 Å². The molecule has 4 rings (SSSR count). The minimum Gasteiger partial charge on any atom is -0.322 e. The number of carbonyl (C=O) groups excluding carboxylic acids is 1. The van der Waals surface area contributed by atoms with E-state index in [-0.39, 0.29) is 22.6 Å². The van der Waals surface area contributed by atoms with E-state index >= 15 is 0 Å². The van der Waals surface area contributed by atoms with Gasteiger partial charge in [0, 0.05) is 23.2 Å². The Morgan fingerprint density at radius 1 is 1.16 bits per heavy atom. The van der Waals surface area contributed by atoms with Gasteiger partial charge in [0.1, 0.15) is 5.82 Å². The Labute approximate surface area is 188 Å². The zero-order valence-electron chi connectivity index (χ0n) is 16.3. The van der Waals surface area contributed by atoms with E-state index < -0.39 is 23.5 Å². The van der Waals surface area contributed by atoms with E-state index in [1.54, 1.807) is 6.92 Å². The van der Waals surface area contributed by atoms with Gasteiger partial charge in [0.15, 0.2) is 0 Å². The molecule has 0 aliphatic rings. The Morgan fingerprint density at radius 3 is 2.66 bits per heavy atom. The molecule has 0 spiro atoms. The van der Waals surface area contributed by atoms with Crippen LogP contribution in [0.1, 0.15) is 32.2 Å². The molecule has 0 saturated carbocycles. The maximum Gasteiger partial charge on any atom is 0.416 e. The average Bonchev–Trinajstić information content (AvgIpc) is 3.09. The largest absolute Gasteiger partial charge is 0.416 e. The highest BCUT2D eigenvalue weighted by atomic mass is 35.5. The second-order valence-electron chi connectivity index (χ2n) is 6.89. The van der Waals surface area contributed by atoms with Crippen molar-refractivity contribution in [1.82, 2.24) is 14.3 Å². The van der Waals surface area contributed by atoms with Crippen LogP contribution in [0.3, 0.4) is 0 Å². The molecule has 0 unspecified atom stereocenters. The third-order valence-electron chi connectivity index (χ3n) is 4.60. The van der Waals surface area contributed by atoms with Crippen LogP contribution < -0.4 is 5.32 Å². The number of halogens is 5. The summed E-state index contributed by atoms with van der Waals surface area (Å²) in [6, 6.07) is 7.06. The van der Waals surface area contributed by atoms with Crippen LogP contribution in [-0.2, 0) is 12.6 Å². The van der Waals surface area contributed by atoms with E-state index in [1.807, 2.05) is 0 Å². The van der Waals surface area contributed by atoms with Gasteiger partial charge < -0.3 is 5.32 Å². The molecule has 0 radical (unpaired) electrons. The van der Waals surface area contributed by atoms with E-state index in [4.69, 9.17) is 11.6 Å². The van der Waals surface area contributed by atoms with Crippen molar-refractivity contribution in [3.63, 3.8) is 0 Å². The topological polar surface area (TPSA) is 67.8 Å². The molecule has 1 amide bonds. The van der Waals surface area contributed by atoms with Gasteiger partial charge in [-0.05, 0) is 54.9 Å². The van der Waals surface area contributed by atoms with Crippen molar-refractivity contribution >= 4 is 45.8 Å². The zero-order chi connectivity index (χ0) is 23.0. The van der Waals surface area contributed by atoms with Crippen molar-refractivity contribution in [2.75, 3.05) is 5.32 Å². The zero-order valence-corrected chi connectivity index (χ0v) is 17.9. The molecule has 0 aliphatic heterocycles. The Hall–Kier alpha value is -3.11. The van der Waals surface area contributed by atoms with Crippen molar-refractivity contribution < 1.29 is 22.4 Å². The molecule has 0 atom stereocenters. The number of aromatic nitrogens is 3. The van der Waals surface area contributed by atoms with E-state index in [2.05, 4.69) is 19.7 Å². The number of rotatable bonds is 4. The van der Waals surface area contributed by atoms with Gasteiger partial charge in [-0.15, -0.1) is 0 Å². The first-order valence-electron chi connectivity index (χ1n) is 9.16. The van der Waals surface area contributed by atoms with Crippen LogP contribution in [0, 0.1) is 12.7 Å². The van der Waals surface area contributed by atoms with Crippen LogP contribution in [-0.4, -0.2) is 20.2 Å². The van der Waals surface area contributed by atoms with Gasteiger partial charge in [-0.2, -0.15) is 17.5 Å². The quantitative estimate of drug-likeness (QED) is 0.361. The predicted molar refractivity (Wildman–Crippen MR) is 114 cm³/mol. The summed E-state index contributed by atoms with van der Waals surface area (Å²) in [5, 5.41) is 2.56. The number of carbonyl (C=O) groups is 1. The molecule has 1 N–H and O–H groups in total. The van der Waals surface area contributed by atoms with Crippen molar-refractivity contribution in [1.29, 1.82) is 0 Å². The molecule has 0 bridgehead atoms. The number of alkyl halides is 3. The number of anilines is 1. The smallest absolute Gasteiger partial charge is 0.322 e. The average molecular weight is 481 g/mol. The van der Waals surface area contributed by atoms with E-state index in [0.29, 0.717) is 27.3 Å². The van der Waals surface area contributed by atoms with Gasteiger partial charge in [0.25, 0.3) is 5.91 Å². The molecule has 11 heteroatoms. The van der Waals surface area contributed by atoms with Crippen LogP contribution >= 0.6 is 23.1 Å². The van der Waals surface area contributed by atoms with Crippen molar-refractivity contribution in [2.45, 2.75) is 19.5 Å². The molecule has 5 nitrogen and oxygen atoms in total. The Kier molecular flexibility index (Phi) is 5.83. The van der Waals surface area contributed by atoms with Crippen molar-refractivity contribution in [2.24, 2.45) is 0 Å². The molecule has 0 aliphatic carbocycles. The molecule has 2 heterocycles. The predicted octanol–water partition coefficient (Wildman–Crippen LogP) is 6.05. The SMILES string of the molecule is Cc1nsc(Cc2cnc3cc(C(F)(F)F)ccc3n2)c1C(=O)Nc1ccc(Cl)c(F)c1. The van der Waals surface area contributed by atoms with Crippen LogP contribution in [0.4, 0.5) is 23.2 Å². The van der Waals surface area contributed by atoms with Gasteiger partial charge in [0.05, 0.1) is 38.6 Å². The molecule has 2 aromatic heterocycles. The number of fused-ring (bicyclic) bond motifs is 1. The summed E-state index contributed by atoms with van der Waals surface area (Å²) in [6.07, 6.45) is -2.90. The minimum absolute atomic E-state index is 0.0608. The third-order valence-corrected chi connectivity index (χ3v) is 5.84. The fraction of sp³-hybridized carbons (Fsp3) is 0.143. The van der Waals surface area contributed by atoms with Crippen LogP contribution in [0.25, 0.3) is 11.0 Å². The number of benzene rings is 2. The number of amides is 1. The van der Waals surface area contributed by atoms with Gasteiger partial charge in [-0.25, -0.2) is 9.37 Å². The molecular formula is C21H13ClF4N4OS. The van der Waals surface area contributed by atoms with Gasteiger partial charge in [-0.3, -0.25) is 9.78 Å². The van der Waals surface area contributed by atoms with Gasteiger partial charge in [0.2, 0.25) is 0 Å². The lowest BCUT2D eigenvalue weighted by molar-refractivity contribution is -0.137. The molecule has 0 saturated heterocycles. The first kappa shape index (κ1) is 22.1. The highest BCUT2D eigenvalue weighted by molar-refractivity contribution is 7.06. The summed E-state index contributed by atoms with van der Waals surface area (Å²) in [5.41, 5.74) is 1.13. The number of nitrogens with one attached hydrogen (secondary N) is 1. The molecule has 0 fully saturated rings. The Balaban J connectivity index is 1.59. The second kappa shape index (κ2) is 8.44. The van der Waals surface area contributed by atoms with E-state index in [1.165, 1.54) is 24.4 Å². The normalized spacial score (nSPS) is 11.7. The fourth-order valence-corrected chi connectivity index (χ4v) is 4.07. The maximum absolute atomic E-state index is 13.7. The number of aryl methyl sites for hydroxylation is 1. The molecule has 2 aromatic carbocycles. The highest BCUT2D eigenvalue weighted by Gasteiger charge is 2.30. The third kappa shape index (κ3) is 4.56. The standard InChI is InChI=1S/C21H13ClF4N4OS/c1-10-19(20(31)29-12-3-4-14(22)15(23)7-12)18(32-30-10)8-13-9-27-17-6-11(21(24,25)26)2-5-16(17)28-13/h2-7,9H,8H2,1H3,(H,29,31). The van der Waals surface area contributed by atoms with Gasteiger partial charge >= 0.3 is 6.18 Å². The van der Waals surface area contributed by atoms with Crippen LogP contribution in [0.15, 0.2) is 42.6 Å². The summed E-state index contributed by atoms with van der Waals surface area (Å²) < 4.78 is 56.5. The molecular weight excluding hydrogens is 468 g/mol. The maximum atomic E-state index is 13.7. The monoisotopic (exact) mass is 480 g/mol. The number of hydrogen-bond donors (Lipinski definition) is 1. The summed E-state index contributed by atoms with van der Waals surface area (Å²) in [5.74, 6) is -1.14. The fourth-order valence-electron chi connectivity index (χ4n) is 3.07. The molecule has 32 heavy (non-hydrogen) atoms. The number of hydrogen-bond acceptors (Lipinski definition) is 5. The lowest BCUT2D eigenvalue weighted by Gasteiger charge is -2.09. The second-order valence-corrected chi connectivity index (χ2v) is 8.15. The Bertz CT molecular complexity index is 1340.